The van der Waals surface area contributed by atoms with Gasteiger partial charge in [-0.15, -0.1) is 10.2 Å². The number of hydrogen-bond donors (Lipinski definition) is 2. The Labute approximate surface area is 166 Å². The fourth-order valence-corrected chi connectivity index (χ4v) is 4.02. The van der Waals surface area contributed by atoms with E-state index < -0.39 is 0 Å². The summed E-state index contributed by atoms with van der Waals surface area (Å²) in [5, 5.41) is 19.5. The molecule has 0 atom stereocenters. The summed E-state index contributed by atoms with van der Waals surface area (Å²) >= 11 is 1.24. The van der Waals surface area contributed by atoms with Gasteiger partial charge < -0.3 is 14.8 Å². The van der Waals surface area contributed by atoms with Crippen molar-refractivity contribution in [3.63, 3.8) is 0 Å². The minimum Gasteiger partial charge on any atom is -0.495 e. The highest BCUT2D eigenvalue weighted by Crippen LogP contribution is 2.24. The molecule has 28 heavy (non-hydrogen) atoms. The van der Waals surface area contributed by atoms with E-state index in [-0.39, 0.29) is 18.3 Å². The molecule has 0 unspecified atom stereocenters. The zero-order valence-corrected chi connectivity index (χ0v) is 16.6. The zero-order chi connectivity index (χ0) is 19.5. The maximum Gasteiger partial charge on any atom is 0.292 e. The van der Waals surface area contributed by atoms with E-state index in [4.69, 9.17) is 9.47 Å². The smallest absolute Gasteiger partial charge is 0.292 e. The van der Waals surface area contributed by atoms with Gasteiger partial charge in [-0.05, 0) is 25.8 Å². The molecule has 1 aliphatic carbocycles. The van der Waals surface area contributed by atoms with Gasteiger partial charge in [0.15, 0.2) is 11.5 Å². The molecule has 2 aliphatic rings. The number of methoxy groups -OCH3 is 1. The number of anilines is 1. The molecule has 0 saturated heterocycles. The number of nitrogens with one attached hydrogen (secondary N) is 2. The predicted molar refractivity (Wildman–Crippen MR) is 104 cm³/mol. The molecule has 0 spiro atoms. The molecule has 2 aromatic rings. The molecule has 4 rings (SSSR count). The van der Waals surface area contributed by atoms with Crippen LogP contribution >= 0.6 is 11.3 Å². The van der Waals surface area contributed by atoms with Crippen LogP contribution < -0.4 is 10.6 Å². The van der Waals surface area contributed by atoms with Gasteiger partial charge in [-0.1, -0.05) is 24.2 Å². The van der Waals surface area contributed by atoms with Crippen LogP contribution in [0.25, 0.3) is 5.13 Å². The van der Waals surface area contributed by atoms with Crippen LogP contribution in [0.15, 0.2) is 35.6 Å². The molecule has 2 aromatic heterocycles. The van der Waals surface area contributed by atoms with Crippen molar-refractivity contribution in [3.8, 4) is 5.13 Å². The minimum absolute atomic E-state index is 0.207. The first-order valence-corrected chi connectivity index (χ1v) is 9.99. The van der Waals surface area contributed by atoms with Crippen LogP contribution in [-0.2, 0) is 14.3 Å². The Kier molecular flexibility index (Phi) is 5.29. The van der Waals surface area contributed by atoms with Crippen molar-refractivity contribution >= 4 is 22.4 Å². The van der Waals surface area contributed by atoms with Crippen molar-refractivity contribution in [2.24, 2.45) is 0 Å². The normalized spacial score (nSPS) is 17.3. The fraction of sp³-hybridized carbons (Fsp3) is 0.444. The summed E-state index contributed by atoms with van der Waals surface area (Å²) in [6.45, 7) is 2.13. The van der Waals surface area contributed by atoms with Crippen LogP contribution in [0.2, 0.25) is 0 Å². The Morgan fingerprint density at radius 1 is 1.36 bits per heavy atom. The number of amides is 1. The number of nitrogens with zero attached hydrogens (tertiary/aromatic N) is 4. The summed E-state index contributed by atoms with van der Waals surface area (Å²) < 4.78 is 12.6. The number of allylic oxidation sites excluding steroid dienone is 1. The van der Waals surface area contributed by atoms with E-state index in [0.717, 1.165) is 24.2 Å². The van der Waals surface area contributed by atoms with Crippen molar-refractivity contribution in [1.82, 2.24) is 25.3 Å². The number of carbonyl (C=O) groups excluding carboxylic acids is 1. The molecule has 0 aromatic carbocycles. The van der Waals surface area contributed by atoms with Gasteiger partial charge in [0.1, 0.15) is 6.61 Å². The van der Waals surface area contributed by atoms with Gasteiger partial charge in [0.2, 0.25) is 10.3 Å². The lowest BCUT2D eigenvalue weighted by atomic mass is 10.2. The minimum atomic E-state index is -0.374. The van der Waals surface area contributed by atoms with Crippen molar-refractivity contribution in [1.29, 1.82) is 0 Å². The highest BCUT2D eigenvalue weighted by atomic mass is 32.1. The first kappa shape index (κ1) is 18.5. The van der Waals surface area contributed by atoms with Crippen molar-refractivity contribution in [2.45, 2.75) is 38.6 Å². The molecule has 1 fully saturated rings. The van der Waals surface area contributed by atoms with Crippen molar-refractivity contribution in [3.05, 3.63) is 41.2 Å². The molecule has 2 N–H and O–H groups in total. The lowest BCUT2D eigenvalue weighted by molar-refractivity contribution is -0.116. The van der Waals surface area contributed by atoms with Crippen LogP contribution in [0.5, 0.6) is 0 Å². The van der Waals surface area contributed by atoms with Gasteiger partial charge in [-0.25, -0.2) is 4.68 Å². The molecular weight excluding hydrogens is 380 g/mol. The SMILES string of the molecule is COC1=C(NC2CCCC2)C=C(C(=O)Nc2nnc(-n3nccc3C)s2)OC1. The van der Waals surface area contributed by atoms with Crippen LogP contribution in [0, 0.1) is 6.92 Å². The van der Waals surface area contributed by atoms with E-state index >= 15 is 0 Å². The van der Waals surface area contributed by atoms with Crippen LogP contribution in [0.4, 0.5) is 5.13 Å². The Balaban J connectivity index is 1.47. The third-order valence-corrected chi connectivity index (χ3v) is 5.58. The largest absolute Gasteiger partial charge is 0.495 e. The Bertz CT molecular complexity index is 925. The van der Waals surface area contributed by atoms with E-state index in [2.05, 4.69) is 25.9 Å². The molecule has 1 amide bonds. The van der Waals surface area contributed by atoms with Gasteiger partial charge in [-0.3, -0.25) is 10.1 Å². The summed E-state index contributed by atoms with van der Waals surface area (Å²) in [7, 11) is 1.61. The van der Waals surface area contributed by atoms with Crippen LogP contribution in [0.1, 0.15) is 31.4 Å². The Morgan fingerprint density at radius 3 is 2.89 bits per heavy atom. The first-order valence-electron chi connectivity index (χ1n) is 9.18. The Hall–Kier alpha value is -2.88. The average molecular weight is 402 g/mol. The van der Waals surface area contributed by atoms with Gasteiger partial charge in [0.25, 0.3) is 5.91 Å². The summed E-state index contributed by atoms with van der Waals surface area (Å²) in [6.07, 6.45) is 8.06. The molecular formula is C18H22N6O3S. The second-order valence-electron chi connectivity index (χ2n) is 6.69. The summed E-state index contributed by atoms with van der Waals surface area (Å²) in [6, 6.07) is 2.28. The van der Waals surface area contributed by atoms with Crippen LogP contribution in [-0.4, -0.2) is 45.6 Å². The van der Waals surface area contributed by atoms with Crippen molar-refractivity contribution < 1.29 is 14.3 Å². The van der Waals surface area contributed by atoms with E-state index in [0.29, 0.717) is 22.1 Å². The standard InChI is InChI=1S/C18H22N6O3S/c1-11-7-8-19-24(11)18-23-22-17(28-18)21-16(25)14-9-13(15(26-2)10-27-14)20-12-5-3-4-6-12/h7-9,12,20H,3-6,10H2,1-2H3,(H,21,22,25). The highest BCUT2D eigenvalue weighted by molar-refractivity contribution is 7.17. The number of hydrogen-bond acceptors (Lipinski definition) is 8. The lowest BCUT2D eigenvalue weighted by Crippen LogP contribution is -2.30. The molecule has 3 heterocycles. The average Bonchev–Trinajstić information content (AvgIpc) is 3.44. The second kappa shape index (κ2) is 8.01. The topological polar surface area (TPSA) is 103 Å². The second-order valence-corrected chi connectivity index (χ2v) is 7.65. The monoisotopic (exact) mass is 402 g/mol. The predicted octanol–water partition coefficient (Wildman–Crippen LogP) is 2.28. The van der Waals surface area contributed by atoms with Gasteiger partial charge in [0, 0.05) is 24.0 Å². The summed E-state index contributed by atoms with van der Waals surface area (Å²) in [5.41, 5.74) is 1.74. The number of carbonyl (C=O) groups is 1. The van der Waals surface area contributed by atoms with Crippen molar-refractivity contribution in [2.75, 3.05) is 19.0 Å². The first-order chi connectivity index (χ1) is 13.6. The van der Waals surface area contributed by atoms with E-state index in [1.165, 1.54) is 24.2 Å². The third kappa shape index (κ3) is 3.86. The van der Waals surface area contributed by atoms with Crippen LogP contribution in [0.3, 0.4) is 0 Å². The lowest BCUT2D eigenvalue weighted by Gasteiger charge is -2.23. The fourth-order valence-electron chi connectivity index (χ4n) is 3.27. The highest BCUT2D eigenvalue weighted by Gasteiger charge is 2.24. The number of rotatable bonds is 6. The summed E-state index contributed by atoms with van der Waals surface area (Å²) in [5.74, 6) is 0.532. The van der Waals surface area contributed by atoms with Gasteiger partial charge in [-0.2, -0.15) is 5.10 Å². The molecule has 0 bridgehead atoms. The van der Waals surface area contributed by atoms with Gasteiger partial charge in [0.05, 0.1) is 12.8 Å². The number of aryl methyl sites for hydroxylation is 1. The number of aromatic nitrogens is 4. The maximum atomic E-state index is 12.6. The quantitative estimate of drug-likeness (QED) is 0.764. The third-order valence-electron chi connectivity index (χ3n) is 4.77. The molecule has 1 aliphatic heterocycles. The molecule has 1 saturated carbocycles. The molecule has 0 radical (unpaired) electrons. The Morgan fingerprint density at radius 2 is 2.18 bits per heavy atom. The molecule has 10 heteroatoms. The maximum absolute atomic E-state index is 12.6. The molecule has 9 nitrogen and oxygen atoms in total. The summed E-state index contributed by atoms with van der Waals surface area (Å²) in [4.78, 5) is 12.6. The van der Waals surface area contributed by atoms with E-state index in [1.54, 1.807) is 24.1 Å². The molecule has 148 valence electrons. The zero-order valence-electron chi connectivity index (χ0n) is 15.8. The van der Waals surface area contributed by atoms with Gasteiger partial charge >= 0.3 is 0 Å². The van der Waals surface area contributed by atoms with E-state index in [9.17, 15) is 4.79 Å². The van der Waals surface area contributed by atoms with E-state index in [1.807, 2.05) is 13.0 Å². The number of ether oxygens (including phenoxy) is 2.